The van der Waals surface area contributed by atoms with Crippen molar-refractivity contribution >= 4 is 21.7 Å². The Labute approximate surface area is 94.6 Å². The van der Waals surface area contributed by atoms with Crippen molar-refractivity contribution in [3.8, 4) is 0 Å². The lowest BCUT2D eigenvalue weighted by Gasteiger charge is -2.21. The van der Waals surface area contributed by atoms with Crippen molar-refractivity contribution in [2.45, 2.75) is 18.2 Å². The number of anilines is 1. The molecule has 2 N–H and O–H groups in total. The molecule has 0 bridgehead atoms. The van der Waals surface area contributed by atoms with Crippen LogP contribution in [-0.4, -0.2) is 21.4 Å². The second-order valence-corrected chi connectivity index (χ2v) is 5.14. The summed E-state index contributed by atoms with van der Waals surface area (Å²) in [6, 6.07) is 5.34. The van der Waals surface area contributed by atoms with Crippen LogP contribution >= 0.6 is 0 Å². The van der Waals surface area contributed by atoms with Crippen molar-refractivity contribution < 1.29 is 8.42 Å². The monoisotopic (exact) mass is 239 g/mol. The molecule has 0 unspecified atom stereocenters. The number of nitrogens with one attached hydrogen (secondary N) is 2. The van der Waals surface area contributed by atoms with E-state index in [1.165, 1.54) is 7.05 Å². The molecule has 0 aromatic heterocycles. The third-order valence-corrected chi connectivity index (χ3v) is 3.83. The number of rotatable bonds is 1. The molecule has 16 heavy (non-hydrogen) atoms. The lowest BCUT2D eigenvalue weighted by molar-refractivity contribution is 0.591. The maximum absolute atomic E-state index is 11.9. The third-order valence-electron chi connectivity index (χ3n) is 2.45. The van der Waals surface area contributed by atoms with Gasteiger partial charge in [0.25, 0.3) is 10.0 Å². The van der Waals surface area contributed by atoms with E-state index < -0.39 is 10.0 Å². The SMILES string of the molecule is CCc1ccc2c(c1)S(=O)(=O)NC(=NC)N2. The molecule has 0 atom stereocenters. The molecule has 0 aliphatic carbocycles. The van der Waals surface area contributed by atoms with E-state index in [1.54, 1.807) is 12.1 Å². The molecule has 6 heteroatoms. The summed E-state index contributed by atoms with van der Waals surface area (Å²) in [7, 11) is -1.96. The Morgan fingerprint density at radius 3 is 2.75 bits per heavy atom. The minimum absolute atomic E-state index is 0.247. The van der Waals surface area contributed by atoms with Gasteiger partial charge in [0.2, 0.25) is 5.96 Å². The molecule has 0 saturated carbocycles. The molecular weight excluding hydrogens is 226 g/mol. The Kier molecular flexibility index (Phi) is 2.59. The van der Waals surface area contributed by atoms with Crippen LogP contribution in [0, 0.1) is 0 Å². The Hall–Kier alpha value is -1.56. The largest absolute Gasteiger partial charge is 0.324 e. The fraction of sp³-hybridized carbons (Fsp3) is 0.300. The van der Waals surface area contributed by atoms with Gasteiger partial charge in [-0.1, -0.05) is 13.0 Å². The Morgan fingerprint density at radius 2 is 2.12 bits per heavy atom. The first-order valence-corrected chi connectivity index (χ1v) is 6.44. The van der Waals surface area contributed by atoms with Crippen molar-refractivity contribution in [3.63, 3.8) is 0 Å². The molecule has 0 saturated heterocycles. The second-order valence-electron chi connectivity index (χ2n) is 3.49. The zero-order chi connectivity index (χ0) is 11.8. The maximum atomic E-state index is 11.9. The van der Waals surface area contributed by atoms with Crippen molar-refractivity contribution in [3.05, 3.63) is 23.8 Å². The molecule has 86 valence electrons. The fourth-order valence-corrected chi connectivity index (χ4v) is 2.77. The van der Waals surface area contributed by atoms with E-state index in [4.69, 9.17) is 0 Å². The van der Waals surface area contributed by atoms with Gasteiger partial charge in [-0.2, -0.15) is 0 Å². The average Bonchev–Trinajstić information content (AvgIpc) is 2.27. The number of benzene rings is 1. The minimum atomic E-state index is -3.48. The fourth-order valence-electron chi connectivity index (χ4n) is 1.55. The normalized spacial score (nSPS) is 19.8. The molecule has 5 nitrogen and oxygen atoms in total. The van der Waals surface area contributed by atoms with E-state index in [0.29, 0.717) is 5.69 Å². The molecule has 0 spiro atoms. The number of guanidine groups is 1. The van der Waals surface area contributed by atoms with Crippen molar-refractivity contribution in [1.82, 2.24) is 4.72 Å². The quantitative estimate of drug-likeness (QED) is 0.766. The Morgan fingerprint density at radius 1 is 1.38 bits per heavy atom. The predicted octanol–water partition coefficient (Wildman–Crippen LogP) is 0.939. The highest BCUT2D eigenvalue weighted by Crippen LogP contribution is 2.25. The highest BCUT2D eigenvalue weighted by molar-refractivity contribution is 7.90. The minimum Gasteiger partial charge on any atom is -0.324 e. The van der Waals surface area contributed by atoms with Gasteiger partial charge in [-0.15, -0.1) is 0 Å². The summed E-state index contributed by atoms with van der Waals surface area (Å²) >= 11 is 0. The zero-order valence-electron chi connectivity index (χ0n) is 9.11. The molecule has 0 fully saturated rings. The number of hydrogen-bond donors (Lipinski definition) is 2. The zero-order valence-corrected chi connectivity index (χ0v) is 9.93. The van der Waals surface area contributed by atoms with Gasteiger partial charge in [-0.3, -0.25) is 4.99 Å². The summed E-state index contributed by atoms with van der Waals surface area (Å²) in [5.74, 6) is 0.247. The van der Waals surface area contributed by atoms with Crippen LogP contribution in [0.5, 0.6) is 0 Å². The van der Waals surface area contributed by atoms with Crippen molar-refractivity contribution in [2.75, 3.05) is 12.4 Å². The summed E-state index contributed by atoms with van der Waals surface area (Å²) in [4.78, 5) is 4.08. The number of hydrogen-bond acceptors (Lipinski definition) is 3. The molecule has 1 heterocycles. The van der Waals surface area contributed by atoms with Gasteiger partial charge < -0.3 is 5.32 Å². The van der Waals surface area contributed by atoms with E-state index in [1.807, 2.05) is 13.0 Å². The lowest BCUT2D eigenvalue weighted by Crippen LogP contribution is -2.40. The first-order valence-electron chi connectivity index (χ1n) is 4.96. The van der Waals surface area contributed by atoms with Crippen LogP contribution in [0.2, 0.25) is 0 Å². The van der Waals surface area contributed by atoms with Crippen LogP contribution < -0.4 is 10.0 Å². The van der Waals surface area contributed by atoms with Crippen LogP contribution in [0.1, 0.15) is 12.5 Å². The summed E-state index contributed by atoms with van der Waals surface area (Å²) in [6.07, 6.45) is 0.803. The summed E-state index contributed by atoms with van der Waals surface area (Å²) in [5.41, 5.74) is 1.55. The van der Waals surface area contributed by atoms with E-state index in [2.05, 4.69) is 15.0 Å². The Bertz CT molecular complexity index is 549. The molecule has 1 aromatic rings. The second kappa shape index (κ2) is 3.79. The molecule has 2 rings (SSSR count). The van der Waals surface area contributed by atoms with Crippen LogP contribution in [0.25, 0.3) is 0 Å². The lowest BCUT2D eigenvalue weighted by atomic mass is 10.1. The first kappa shape index (κ1) is 10.9. The van der Waals surface area contributed by atoms with E-state index in [0.717, 1.165) is 12.0 Å². The number of nitrogens with zero attached hydrogens (tertiary/aromatic N) is 1. The van der Waals surface area contributed by atoms with Gasteiger partial charge in [0.15, 0.2) is 0 Å². The highest BCUT2D eigenvalue weighted by atomic mass is 32.2. The van der Waals surface area contributed by atoms with Gasteiger partial charge >= 0.3 is 0 Å². The molecule has 0 radical (unpaired) electrons. The first-order chi connectivity index (χ1) is 7.56. The van der Waals surface area contributed by atoms with Crippen LogP contribution in [0.3, 0.4) is 0 Å². The van der Waals surface area contributed by atoms with E-state index in [9.17, 15) is 8.42 Å². The number of sulfonamides is 1. The topological polar surface area (TPSA) is 70.6 Å². The maximum Gasteiger partial charge on any atom is 0.266 e. The smallest absolute Gasteiger partial charge is 0.266 e. The number of aryl methyl sites for hydroxylation is 1. The highest BCUT2D eigenvalue weighted by Gasteiger charge is 2.26. The molecular formula is C10H13N3O2S. The van der Waals surface area contributed by atoms with E-state index in [-0.39, 0.29) is 10.9 Å². The van der Waals surface area contributed by atoms with Crippen LogP contribution in [-0.2, 0) is 16.4 Å². The summed E-state index contributed by atoms with van der Waals surface area (Å²) in [6.45, 7) is 1.98. The van der Waals surface area contributed by atoms with Gasteiger partial charge in [0, 0.05) is 7.05 Å². The van der Waals surface area contributed by atoms with Gasteiger partial charge in [0.1, 0.15) is 4.90 Å². The van der Waals surface area contributed by atoms with Gasteiger partial charge in [-0.05, 0) is 24.1 Å². The number of aliphatic imine (C=N–C) groups is 1. The third kappa shape index (κ3) is 1.76. The van der Waals surface area contributed by atoms with Gasteiger partial charge in [-0.25, -0.2) is 13.1 Å². The molecule has 0 amide bonds. The van der Waals surface area contributed by atoms with E-state index >= 15 is 0 Å². The average molecular weight is 239 g/mol. The summed E-state index contributed by atoms with van der Waals surface area (Å²) < 4.78 is 26.1. The molecule has 1 aliphatic rings. The predicted molar refractivity (Wildman–Crippen MR) is 63.1 cm³/mol. The van der Waals surface area contributed by atoms with Crippen LogP contribution in [0.4, 0.5) is 5.69 Å². The number of fused-ring (bicyclic) bond motifs is 1. The summed E-state index contributed by atoms with van der Waals surface area (Å²) in [5, 5.41) is 2.91. The van der Waals surface area contributed by atoms with Gasteiger partial charge in [0.05, 0.1) is 5.69 Å². The molecule has 1 aromatic carbocycles. The Balaban J connectivity index is 2.60. The van der Waals surface area contributed by atoms with Crippen LogP contribution in [0.15, 0.2) is 28.1 Å². The standard InChI is InChI=1S/C10H13N3O2S/c1-3-7-4-5-8-9(6-7)16(14,15)13-10(11-2)12-8/h4-6H,3H2,1-2H3,(H2,11,12,13). The van der Waals surface area contributed by atoms with Crippen molar-refractivity contribution in [2.24, 2.45) is 4.99 Å². The van der Waals surface area contributed by atoms with Crippen molar-refractivity contribution in [1.29, 1.82) is 0 Å². The molecule has 1 aliphatic heterocycles.